The summed E-state index contributed by atoms with van der Waals surface area (Å²) in [6.45, 7) is 1.77. The van der Waals surface area contributed by atoms with Crippen molar-refractivity contribution in [2.75, 3.05) is 0 Å². The van der Waals surface area contributed by atoms with Crippen LogP contribution in [-0.2, 0) is 4.42 Å². The zero-order valence-corrected chi connectivity index (χ0v) is 4.01. The standard InChI is InChI=1S/C4H6O3/c1-2-3-7-4(5)6/h3H,2H2,1H3. The Morgan fingerprint density at radius 2 is 2.57 bits per heavy atom. The smallest absolute Gasteiger partial charge is 0.405 e. The molecule has 0 heterocycles. The van der Waals surface area contributed by atoms with E-state index in [1.807, 2.05) is 0 Å². The molecule has 0 spiro atoms. The van der Waals surface area contributed by atoms with E-state index in [-0.39, 0.29) is 0 Å². The van der Waals surface area contributed by atoms with Crippen LogP contribution < -0.4 is 5.11 Å². The molecule has 0 N–H and O–H groups in total. The summed E-state index contributed by atoms with van der Waals surface area (Å²) >= 11 is 0. The quantitative estimate of drug-likeness (QED) is 0.330. The first-order chi connectivity index (χ1) is 3.27. The van der Waals surface area contributed by atoms with Gasteiger partial charge in [0.05, 0.1) is 6.29 Å². The highest BCUT2D eigenvalue weighted by molar-refractivity contribution is 5.59. The Balaban J connectivity index is 3.26. The van der Waals surface area contributed by atoms with Crippen LogP contribution in [0.1, 0.15) is 13.3 Å². The van der Waals surface area contributed by atoms with Crippen LogP contribution in [0.2, 0.25) is 0 Å². The van der Waals surface area contributed by atoms with Crippen LogP contribution in [0.4, 0.5) is 4.79 Å². The molecule has 3 nitrogen and oxygen atoms in total. The Morgan fingerprint density at radius 1 is 2.00 bits per heavy atom. The van der Waals surface area contributed by atoms with E-state index in [0.717, 1.165) is 6.29 Å². The lowest BCUT2D eigenvalue weighted by Gasteiger charge is -1.72. The molecule has 0 radical (unpaired) electrons. The van der Waals surface area contributed by atoms with Crippen LogP contribution in [0.3, 0.4) is 0 Å². The van der Waals surface area contributed by atoms with Crippen molar-refractivity contribution in [3.63, 3.8) is 0 Å². The predicted molar refractivity (Wildman–Crippen MR) is 21.8 cm³/mol. The molecule has 0 saturated heterocycles. The van der Waals surface area contributed by atoms with Crippen molar-refractivity contribution in [2.24, 2.45) is 0 Å². The summed E-state index contributed by atoms with van der Waals surface area (Å²) in [5, 5.41) is 9.39. The van der Waals surface area contributed by atoms with Gasteiger partial charge in [-0.05, 0) is 6.42 Å². The Bertz CT molecular complexity index is 84.9. The van der Waals surface area contributed by atoms with E-state index in [4.69, 9.17) is 0 Å². The van der Waals surface area contributed by atoms with Gasteiger partial charge in [-0.3, -0.25) is 0 Å². The summed E-state index contributed by atoms with van der Waals surface area (Å²) in [7, 11) is 0. The van der Waals surface area contributed by atoms with E-state index in [2.05, 4.69) is 4.42 Å². The second-order valence-corrected chi connectivity index (χ2v) is 0.943. The fourth-order valence-electron chi connectivity index (χ4n) is 0.151. The van der Waals surface area contributed by atoms with E-state index in [9.17, 15) is 9.90 Å². The zero-order chi connectivity index (χ0) is 5.70. The van der Waals surface area contributed by atoms with Gasteiger partial charge in [0.25, 0.3) is 0 Å². The Hall–Kier alpha value is -0.860. The molecular formula is C4H6O3. The maximum atomic E-state index is 9.39. The molecule has 0 unspecified atom stereocenters. The number of hydrogen-bond donors (Lipinski definition) is 0. The second kappa shape index (κ2) is 3.33. The summed E-state index contributed by atoms with van der Waals surface area (Å²) in [5.74, 6) is 0. The highest BCUT2D eigenvalue weighted by Crippen LogP contribution is 1.61. The molecule has 0 amide bonds. The third-order valence-corrected chi connectivity index (χ3v) is 0.346. The summed E-state index contributed by atoms with van der Waals surface area (Å²) < 4.78 is 3.87. The van der Waals surface area contributed by atoms with Gasteiger partial charge >= 0.3 is 6.16 Å². The molecule has 0 aromatic carbocycles. The normalized spacial score (nSPS) is 9.86. The van der Waals surface area contributed by atoms with Crippen LogP contribution >= 0.6 is 0 Å². The van der Waals surface area contributed by atoms with Crippen LogP contribution in [0.25, 0.3) is 0 Å². The van der Waals surface area contributed by atoms with Crippen molar-refractivity contribution in [1.29, 1.82) is 0 Å². The molecule has 0 saturated carbocycles. The van der Waals surface area contributed by atoms with E-state index >= 15 is 0 Å². The fourth-order valence-corrected chi connectivity index (χ4v) is 0.151. The molecule has 0 atom stereocenters. The minimum Gasteiger partial charge on any atom is -0.405 e. The van der Waals surface area contributed by atoms with E-state index < -0.39 is 6.16 Å². The van der Waals surface area contributed by atoms with Gasteiger partial charge in [-0.15, -0.1) is 0 Å². The van der Waals surface area contributed by atoms with Crippen molar-refractivity contribution in [3.8, 4) is 0 Å². The summed E-state index contributed by atoms with van der Waals surface area (Å²) in [6.07, 6.45) is 0.241. The van der Waals surface area contributed by atoms with Gasteiger partial charge in [-0.1, -0.05) is 6.92 Å². The molecule has 0 aromatic heterocycles. The number of carboxylic acid groups (broad SMARTS) is 1. The van der Waals surface area contributed by atoms with Gasteiger partial charge in [0, 0.05) is 0 Å². The molecule has 3 heteroatoms. The Kier molecular flexibility index (Phi) is 2.92. The molecule has 0 aliphatic carbocycles. The molecular weight excluding hydrogens is 96.0 g/mol. The topological polar surface area (TPSA) is 51.4 Å². The zero-order valence-electron chi connectivity index (χ0n) is 4.01. The van der Waals surface area contributed by atoms with E-state index in [0.29, 0.717) is 6.42 Å². The van der Waals surface area contributed by atoms with Crippen LogP contribution in [-0.4, -0.2) is 12.4 Å². The molecule has 0 rings (SSSR count). The van der Waals surface area contributed by atoms with Crippen LogP contribution in [0, 0.1) is 0 Å². The summed E-state index contributed by atoms with van der Waals surface area (Å²) in [5.41, 5.74) is 0. The lowest BCUT2D eigenvalue weighted by Crippen LogP contribution is -2.20. The van der Waals surface area contributed by atoms with Gasteiger partial charge < -0.3 is 4.42 Å². The highest BCUT2D eigenvalue weighted by Gasteiger charge is 1.85. The van der Waals surface area contributed by atoms with Crippen molar-refractivity contribution in [3.05, 3.63) is 0 Å². The molecule has 0 aliphatic rings. The van der Waals surface area contributed by atoms with Gasteiger partial charge in [0.2, 0.25) is 0 Å². The van der Waals surface area contributed by atoms with Crippen molar-refractivity contribution >= 4 is 12.4 Å². The number of hydrogen-bond acceptors (Lipinski definition) is 2. The average molecular weight is 102 g/mol. The number of carbonyl (C=O) groups is 1. The molecule has 7 heavy (non-hydrogen) atoms. The Labute approximate surface area is 41.3 Å². The van der Waals surface area contributed by atoms with Crippen molar-refractivity contribution in [2.45, 2.75) is 13.3 Å². The Morgan fingerprint density at radius 3 is 2.71 bits per heavy atom. The van der Waals surface area contributed by atoms with E-state index in [1.165, 1.54) is 0 Å². The third-order valence-electron chi connectivity index (χ3n) is 0.346. The third kappa shape index (κ3) is 5.14. The maximum absolute atomic E-state index is 9.39. The predicted octanol–water partition coefficient (Wildman–Crippen LogP) is -0.526. The first-order valence-corrected chi connectivity index (χ1v) is 1.96. The number of carbonyl (C=O) groups excluding carboxylic acids is 2. The molecule has 40 valence electrons. The summed E-state index contributed by atoms with van der Waals surface area (Å²) in [4.78, 5) is 9.39. The number of rotatable bonds is 1. The second-order valence-electron chi connectivity index (χ2n) is 0.943. The van der Waals surface area contributed by atoms with Gasteiger partial charge in [-0.2, -0.15) is 9.90 Å². The largest absolute Gasteiger partial charge is 0.554 e. The highest BCUT2D eigenvalue weighted by atomic mass is 16.6. The molecule has 0 fully saturated rings. The lowest BCUT2D eigenvalue weighted by atomic mass is 10.6. The van der Waals surface area contributed by atoms with Crippen LogP contribution in [0.15, 0.2) is 0 Å². The van der Waals surface area contributed by atoms with E-state index in [1.54, 1.807) is 6.92 Å². The molecule has 0 aliphatic heterocycles. The molecule has 0 aromatic rings. The minimum absolute atomic E-state index is 0.577. The van der Waals surface area contributed by atoms with Gasteiger partial charge in [0.1, 0.15) is 0 Å². The van der Waals surface area contributed by atoms with Gasteiger partial charge in [0.15, 0.2) is 0 Å². The van der Waals surface area contributed by atoms with Crippen molar-refractivity contribution < 1.29 is 14.3 Å². The minimum atomic E-state index is -1.50. The first kappa shape index (κ1) is 6.14. The lowest BCUT2D eigenvalue weighted by molar-refractivity contribution is -0.463. The monoisotopic (exact) mass is 102 g/mol. The SMILES string of the molecule is CCC=[O+]C(=O)[O-]. The van der Waals surface area contributed by atoms with Gasteiger partial charge in [-0.25, -0.2) is 0 Å². The van der Waals surface area contributed by atoms with Crippen molar-refractivity contribution in [1.82, 2.24) is 0 Å². The van der Waals surface area contributed by atoms with Crippen LogP contribution in [0.5, 0.6) is 0 Å². The molecule has 0 bridgehead atoms. The number of aldehydes is 1. The average Bonchev–Trinajstić information content (AvgIpc) is 1.61. The summed E-state index contributed by atoms with van der Waals surface area (Å²) in [6, 6.07) is 0. The maximum Gasteiger partial charge on any atom is 0.554 e. The fraction of sp³-hybridized carbons (Fsp3) is 0.500. The first-order valence-electron chi connectivity index (χ1n) is 1.96.